The van der Waals surface area contributed by atoms with E-state index in [4.69, 9.17) is 10.2 Å². The maximum absolute atomic E-state index is 12.0. The Morgan fingerprint density at radius 2 is 2.38 bits per heavy atom. The van der Waals surface area contributed by atoms with Crippen molar-refractivity contribution in [3.8, 4) is 0 Å². The number of carbonyl (C=O) groups is 1. The highest BCUT2D eigenvalue weighted by Crippen LogP contribution is 2.15. The summed E-state index contributed by atoms with van der Waals surface area (Å²) in [6.45, 7) is 3.26. The molecule has 0 saturated carbocycles. The Morgan fingerprint density at radius 1 is 1.62 bits per heavy atom. The minimum absolute atomic E-state index is 0. The summed E-state index contributed by atoms with van der Waals surface area (Å²) in [6, 6.07) is 1.84. The van der Waals surface area contributed by atoms with Crippen LogP contribution in [0.15, 0.2) is 16.7 Å². The van der Waals surface area contributed by atoms with Crippen LogP contribution in [0, 0.1) is 6.92 Å². The lowest BCUT2D eigenvalue weighted by atomic mass is 10.1. The molecule has 16 heavy (non-hydrogen) atoms. The van der Waals surface area contributed by atoms with Gasteiger partial charge in [-0.25, -0.2) is 0 Å². The topological polar surface area (TPSA) is 59.5 Å². The van der Waals surface area contributed by atoms with E-state index in [0.717, 1.165) is 19.4 Å². The molecule has 1 amide bonds. The van der Waals surface area contributed by atoms with Crippen molar-refractivity contribution in [2.75, 3.05) is 13.1 Å². The summed E-state index contributed by atoms with van der Waals surface area (Å²) in [5.74, 6) is 0.718. The maximum Gasteiger partial charge on any atom is 0.257 e. The summed E-state index contributed by atoms with van der Waals surface area (Å²) in [5, 5.41) is 0. The zero-order valence-electron chi connectivity index (χ0n) is 9.31. The number of amides is 1. The molecule has 1 aromatic heterocycles. The Kier molecular flexibility index (Phi) is 4.38. The minimum atomic E-state index is 0. The summed E-state index contributed by atoms with van der Waals surface area (Å²) in [7, 11) is 0. The Labute approximate surface area is 101 Å². The molecule has 1 atom stereocenters. The van der Waals surface area contributed by atoms with Crippen molar-refractivity contribution in [2.24, 2.45) is 5.73 Å². The first kappa shape index (κ1) is 13.1. The predicted octanol–water partition coefficient (Wildman–Crippen LogP) is 1.57. The summed E-state index contributed by atoms with van der Waals surface area (Å²) in [4.78, 5) is 13.8. The molecule has 1 fully saturated rings. The molecular formula is C11H17ClN2O2. The monoisotopic (exact) mass is 244 g/mol. The van der Waals surface area contributed by atoms with Crippen molar-refractivity contribution in [2.45, 2.75) is 25.8 Å². The van der Waals surface area contributed by atoms with Gasteiger partial charge in [0.2, 0.25) is 0 Å². The quantitative estimate of drug-likeness (QED) is 0.816. The number of piperidine rings is 1. The van der Waals surface area contributed by atoms with Crippen LogP contribution < -0.4 is 5.73 Å². The first-order valence-electron chi connectivity index (χ1n) is 5.27. The molecule has 0 aliphatic carbocycles. The van der Waals surface area contributed by atoms with Crippen LogP contribution in [0.1, 0.15) is 29.0 Å². The minimum Gasteiger partial charge on any atom is -0.469 e. The Bertz CT molecular complexity index is 365. The third kappa shape index (κ3) is 2.57. The smallest absolute Gasteiger partial charge is 0.257 e. The number of rotatable bonds is 1. The van der Waals surface area contributed by atoms with Crippen LogP contribution in [0.2, 0.25) is 0 Å². The van der Waals surface area contributed by atoms with Crippen molar-refractivity contribution in [3.63, 3.8) is 0 Å². The number of nitrogens with two attached hydrogens (primary N) is 1. The van der Waals surface area contributed by atoms with E-state index in [2.05, 4.69) is 0 Å². The van der Waals surface area contributed by atoms with Crippen molar-refractivity contribution < 1.29 is 9.21 Å². The lowest BCUT2D eigenvalue weighted by Gasteiger charge is -2.30. The standard InChI is InChI=1S/C11H16N2O2.ClH/c1-8-10(4-6-15-8)11(14)13-5-2-3-9(12)7-13;/h4,6,9H,2-3,5,7,12H2,1H3;1H. The average Bonchev–Trinajstić information content (AvgIpc) is 2.63. The fourth-order valence-electron chi connectivity index (χ4n) is 1.97. The van der Waals surface area contributed by atoms with Crippen LogP contribution >= 0.6 is 12.4 Å². The lowest BCUT2D eigenvalue weighted by molar-refractivity contribution is 0.0707. The zero-order chi connectivity index (χ0) is 10.8. The molecule has 1 aliphatic heterocycles. The molecule has 2 heterocycles. The van der Waals surface area contributed by atoms with E-state index >= 15 is 0 Å². The Hall–Kier alpha value is -1.00. The van der Waals surface area contributed by atoms with E-state index in [0.29, 0.717) is 17.9 Å². The van der Waals surface area contributed by atoms with Gasteiger partial charge in [-0.3, -0.25) is 4.79 Å². The second-order valence-corrected chi connectivity index (χ2v) is 4.04. The van der Waals surface area contributed by atoms with Gasteiger partial charge in [0.1, 0.15) is 5.76 Å². The molecule has 1 unspecified atom stereocenters. The number of carbonyl (C=O) groups excluding carboxylic acids is 1. The molecule has 90 valence electrons. The highest BCUT2D eigenvalue weighted by Gasteiger charge is 2.24. The molecule has 0 aromatic carbocycles. The number of furan rings is 1. The molecule has 1 aliphatic rings. The van der Waals surface area contributed by atoms with Gasteiger partial charge in [-0.05, 0) is 25.8 Å². The summed E-state index contributed by atoms with van der Waals surface area (Å²) >= 11 is 0. The van der Waals surface area contributed by atoms with Gasteiger partial charge < -0.3 is 15.1 Å². The van der Waals surface area contributed by atoms with Crippen molar-refractivity contribution in [1.82, 2.24) is 4.90 Å². The van der Waals surface area contributed by atoms with E-state index in [-0.39, 0.29) is 24.4 Å². The number of aryl methyl sites for hydroxylation is 1. The Balaban J connectivity index is 0.00000128. The molecule has 5 heteroatoms. The van der Waals surface area contributed by atoms with Gasteiger partial charge in [0.25, 0.3) is 5.91 Å². The number of hydrogen-bond donors (Lipinski definition) is 1. The van der Waals surface area contributed by atoms with E-state index < -0.39 is 0 Å². The van der Waals surface area contributed by atoms with Gasteiger partial charge in [0.15, 0.2) is 0 Å². The predicted molar refractivity (Wildman–Crippen MR) is 63.8 cm³/mol. The van der Waals surface area contributed by atoms with E-state index in [1.807, 2.05) is 4.90 Å². The molecule has 1 saturated heterocycles. The first-order chi connectivity index (χ1) is 7.18. The van der Waals surface area contributed by atoms with Gasteiger partial charge in [-0.1, -0.05) is 0 Å². The molecule has 1 aromatic rings. The molecule has 0 bridgehead atoms. The third-order valence-electron chi connectivity index (χ3n) is 2.83. The molecule has 0 radical (unpaired) electrons. The fraction of sp³-hybridized carbons (Fsp3) is 0.545. The van der Waals surface area contributed by atoms with Crippen molar-refractivity contribution >= 4 is 18.3 Å². The third-order valence-corrected chi connectivity index (χ3v) is 2.83. The van der Waals surface area contributed by atoms with Crippen LogP contribution in [0.3, 0.4) is 0 Å². The van der Waals surface area contributed by atoms with Gasteiger partial charge in [0, 0.05) is 19.1 Å². The maximum atomic E-state index is 12.0. The van der Waals surface area contributed by atoms with E-state index in [1.54, 1.807) is 19.3 Å². The largest absolute Gasteiger partial charge is 0.469 e. The van der Waals surface area contributed by atoms with E-state index in [1.165, 1.54) is 0 Å². The Morgan fingerprint density at radius 3 is 2.94 bits per heavy atom. The van der Waals surface area contributed by atoms with Crippen LogP contribution in [0.25, 0.3) is 0 Å². The molecule has 0 spiro atoms. The van der Waals surface area contributed by atoms with Gasteiger partial charge in [0.05, 0.1) is 11.8 Å². The summed E-state index contributed by atoms with van der Waals surface area (Å²) in [5.41, 5.74) is 6.49. The molecular weight excluding hydrogens is 228 g/mol. The first-order valence-corrected chi connectivity index (χ1v) is 5.27. The van der Waals surface area contributed by atoms with Crippen LogP contribution in [0.4, 0.5) is 0 Å². The second-order valence-electron chi connectivity index (χ2n) is 4.04. The fourth-order valence-corrected chi connectivity index (χ4v) is 1.97. The average molecular weight is 245 g/mol. The lowest BCUT2D eigenvalue weighted by Crippen LogP contribution is -2.45. The number of nitrogens with zero attached hydrogens (tertiary/aromatic N) is 1. The van der Waals surface area contributed by atoms with E-state index in [9.17, 15) is 4.79 Å². The second kappa shape index (κ2) is 5.37. The number of likely N-dealkylation sites (tertiary alicyclic amines) is 1. The summed E-state index contributed by atoms with van der Waals surface area (Å²) in [6.07, 6.45) is 3.55. The van der Waals surface area contributed by atoms with Gasteiger partial charge in [-0.2, -0.15) is 0 Å². The highest BCUT2D eigenvalue weighted by molar-refractivity contribution is 5.95. The van der Waals surface area contributed by atoms with Crippen molar-refractivity contribution in [3.05, 3.63) is 23.7 Å². The normalized spacial score (nSPS) is 20.4. The number of hydrogen-bond acceptors (Lipinski definition) is 3. The zero-order valence-corrected chi connectivity index (χ0v) is 10.1. The number of halogens is 1. The van der Waals surface area contributed by atoms with Gasteiger partial charge >= 0.3 is 0 Å². The molecule has 4 nitrogen and oxygen atoms in total. The van der Waals surface area contributed by atoms with Crippen LogP contribution in [-0.2, 0) is 0 Å². The van der Waals surface area contributed by atoms with Crippen LogP contribution in [-0.4, -0.2) is 29.9 Å². The molecule has 2 rings (SSSR count). The van der Waals surface area contributed by atoms with Crippen LogP contribution in [0.5, 0.6) is 0 Å². The SMILES string of the molecule is Cc1occc1C(=O)N1CCCC(N)C1.Cl. The van der Waals surface area contributed by atoms with Crippen molar-refractivity contribution in [1.29, 1.82) is 0 Å². The highest BCUT2D eigenvalue weighted by atomic mass is 35.5. The molecule has 2 N–H and O–H groups in total. The summed E-state index contributed by atoms with van der Waals surface area (Å²) < 4.78 is 5.12. The van der Waals surface area contributed by atoms with Gasteiger partial charge in [-0.15, -0.1) is 12.4 Å².